The number of nitro groups is 1. The lowest BCUT2D eigenvalue weighted by Crippen LogP contribution is -2.30. The van der Waals surface area contributed by atoms with Crippen molar-refractivity contribution < 1.29 is 23.3 Å². The van der Waals surface area contributed by atoms with E-state index >= 15 is 0 Å². The maximum Gasteiger partial charge on any atom is 0.273 e. The highest BCUT2D eigenvalue weighted by Crippen LogP contribution is 2.23. The lowest BCUT2D eigenvalue weighted by Gasteiger charge is -2.22. The second kappa shape index (κ2) is 11.7. The van der Waals surface area contributed by atoms with E-state index in [2.05, 4.69) is 10.3 Å². The summed E-state index contributed by atoms with van der Waals surface area (Å²) in [6, 6.07) is 15.6. The number of aryl methyl sites for hydroxylation is 1. The fraction of sp³-hybridized carbons (Fsp3) is 0.148. The van der Waals surface area contributed by atoms with Gasteiger partial charge in [-0.2, -0.15) is 0 Å². The molecule has 4 aromatic rings. The average molecular weight is 537 g/mol. The summed E-state index contributed by atoms with van der Waals surface area (Å²) in [7, 11) is 0. The van der Waals surface area contributed by atoms with Crippen molar-refractivity contribution in [1.82, 2.24) is 15.2 Å². The smallest absolute Gasteiger partial charge is 0.273 e. The Morgan fingerprint density at radius 3 is 2.24 bits per heavy atom. The highest BCUT2D eigenvalue weighted by Gasteiger charge is 2.22. The van der Waals surface area contributed by atoms with Gasteiger partial charge in [0.25, 0.3) is 17.5 Å². The van der Waals surface area contributed by atoms with Crippen LogP contribution in [0, 0.1) is 28.7 Å². The van der Waals surface area contributed by atoms with Gasteiger partial charge in [0.1, 0.15) is 22.3 Å². The molecule has 0 aliphatic heterocycles. The van der Waals surface area contributed by atoms with Crippen LogP contribution >= 0.6 is 11.3 Å². The Morgan fingerprint density at radius 1 is 0.974 bits per heavy atom. The molecular formula is C27H22F2N4O4S. The first-order chi connectivity index (χ1) is 18.2. The van der Waals surface area contributed by atoms with Gasteiger partial charge in [0.05, 0.1) is 11.5 Å². The normalized spacial score (nSPS) is 10.7. The highest BCUT2D eigenvalue weighted by atomic mass is 32.1. The van der Waals surface area contributed by atoms with E-state index in [9.17, 15) is 28.5 Å². The maximum absolute atomic E-state index is 13.4. The molecule has 0 bridgehead atoms. The van der Waals surface area contributed by atoms with Crippen LogP contribution in [0.2, 0.25) is 0 Å². The van der Waals surface area contributed by atoms with Gasteiger partial charge in [-0.1, -0.05) is 30.3 Å². The van der Waals surface area contributed by atoms with Gasteiger partial charge in [-0.3, -0.25) is 19.7 Å². The third-order valence-electron chi connectivity index (χ3n) is 5.70. The molecule has 0 fully saturated rings. The standard InChI is InChI=1S/C27H22F2N4O4S/c1-17-2-7-20(12-24(17)33(36)37)27(35)32(14-19-5-10-22(29)11-6-19)15-25-31-23(16-38-25)26(34)30-13-18-3-8-21(28)9-4-18/h2-12,16H,13-15H2,1H3,(H,30,34). The first kappa shape index (κ1) is 26.6. The van der Waals surface area contributed by atoms with Crippen LogP contribution in [-0.2, 0) is 19.6 Å². The molecule has 0 spiro atoms. The van der Waals surface area contributed by atoms with Crippen molar-refractivity contribution in [3.05, 3.63) is 127 Å². The van der Waals surface area contributed by atoms with Crippen LogP contribution in [0.5, 0.6) is 0 Å². The summed E-state index contributed by atoms with van der Waals surface area (Å²) in [5.74, 6) is -1.70. The van der Waals surface area contributed by atoms with E-state index in [0.717, 1.165) is 5.56 Å². The molecule has 1 N–H and O–H groups in total. The third kappa shape index (κ3) is 6.62. The number of nitrogens with one attached hydrogen (secondary N) is 1. The van der Waals surface area contributed by atoms with E-state index in [4.69, 9.17) is 0 Å². The van der Waals surface area contributed by atoms with Crippen LogP contribution in [0.4, 0.5) is 14.5 Å². The van der Waals surface area contributed by atoms with Gasteiger partial charge in [0.15, 0.2) is 0 Å². The van der Waals surface area contributed by atoms with Crippen molar-refractivity contribution in [3.63, 3.8) is 0 Å². The molecule has 0 unspecified atom stereocenters. The number of amides is 2. The van der Waals surface area contributed by atoms with Crippen LogP contribution in [0.1, 0.15) is 42.5 Å². The Hall–Kier alpha value is -4.51. The molecule has 11 heteroatoms. The number of nitro benzene ring substituents is 1. The minimum atomic E-state index is -0.548. The summed E-state index contributed by atoms with van der Waals surface area (Å²) in [5.41, 5.74) is 1.90. The second-order valence-corrected chi connectivity index (χ2v) is 9.42. The number of benzene rings is 3. The van der Waals surface area contributed by atoms with E-state index in [1.165, 1.54) is 58.7 Å². The summed E-state index contributed by atoms with van der Waals surface area (Å²) in [4.78, 5) is 42.6. The van der Waals surface area contributed by atoms with Crippen LogP contribution in [0.25, 0.3) is 0 Å². The van der Waals surface area contributed by atoms with E-state index in [-0.39, 0.29) is 42.4 Å². The topological polar surface area (TPSA) is 105 Å². The Morgan fingerprint density at radius 2 is 1.61 bits per heavy atom. The number of thiazole rings is 1. The molecule has 0 atom stereocenters. The summed E-state index contributed by atoms with van der Waals surface area (Å²) < 4.78 is 26.5. The molecule has 0 aliphatic rings. The average Bonchev–Trinajstić information content (AvgIpc) is 3.37. The van der Waals surface area contributed by atoms with Crippen molar-refractivity contribution in [2.75, 3.05) is 0 Å². The maximum atomic E-state index is 13.4. The van der Waals surface area contributed by atoms with Gasteiger partial charge >= 0.3 is 0 Å². The highest BCUT2D eigenvalue weighted by molar-refractivity contribution is 7.09. The summed E-state index contributed by atoms with van der Waals surface area (Å²) >= 11 is 1.18. The Balaban J connectivity index is 1.52. The molecule has 0 saturated carbocycles. The number of hydrogen-bond acceptors (Lipinski definition) is 6. The Kier molecular flexibility index (Phi) is 8.17. The van der Waals surface area contributed by atoms with E-state index in [1.54, 1.807) is 36.6 Å². The van der Waals surface area contributed by atoms with Crippen LogP contribution in [-0.4, -0.2) is 26.6 Å². The Labute approximate surface area is 220 Å². The summed E-state index contributed by atoms with van der Waals surface area (Å²) in [6.07, 6.45) is 0. The van der Waals surface area contributed by atoms with Crippen molar-refractivity contribution in [1.29, 1.82) is 0 Å². The van der Waals surface area contributed by atoms with Gasteiger partial charge in [-0.25, -0.2) is 13.8 Å². The molecule has 38 heavy (non-hydrogen) atoms. The molecule has 1 heterocycles. The van der Waals surface area contributed by atoms with E-state index < -0.39 is 22.6 Å². The lowest BCUT2D eigenvalue weighted by molar-refractivity contribution is -0.385. The number of halogens is 2. The van der Waals surface area contributed by atoms with Gasteiger partial charge in [0.2, 0.25) is 0 Å². The predicted octanol–water partition coefficient (Wildman–Crippen LogP) is 5.41. The van der Waals surface area contributed by atoms with Gasteiger partial charge in [0, 0.05) is 35.7 Å². The molecule has 1 aromatic heterocycles. The molecule has 3 aromatic carbocycles. The monoisotopic (exact) mass is 536 g/mol. The molecule has 2 amide bonds. The number of nitrogens with zero attached hydrogens (tertiary/aromatic N) is 3. The molecule has 0 radical (unpaired) electrons. The number of hydrogen-bond donors (Lipinski definition) is 1. The number of rotatable bonds is 9. The van der Waals surface area contributed by atoms with Gasteiger partial charge < -0.3 is 10.2 Å². The quantitative estimate of drug-likeness (QED) is 0.227. The first-order valence-corrected chi connectivity index (χ1v) is 12.3. The second-order valence-electron chi connectivity index (χ2n) is 8.48. The van der Waals surface area contributed by atoms with Gasteiger partial charge in [-0.15, -0.1) is 11.3 Å². The minimum Gasteiger partial charge on any atom is -0.347 e. The van der Waals surface area contributed by atoms with E-state index in [0.29, 0.717) is 16.1 Å². The molecule has 4 rings (SSSR count). The van der Waals surface area contributed by atoms with Crippen molar-refractivity contribution in [3.8, 4) is 0 Å². The Bertz CT molecular complexity index is 1470. The molecule has 8 nitrogen and oxygen atoms in total. The minimum absolute atomic E-state index is 0.0216. The van der Waals surface area contributed by atoms with Crippen LogP contribution in [0.15, 0.2) is 72.1 Å². The van der Waals surface area contributed by atoms with Gasteiger partial charge in [-0.05, 0) is 48.4 Å². The number of carbonyl (C=O) groups excluding carboxylic acids is 2. The summed E-state index contributed by atoms with van der Waals surface area (Å²) in [6.45, 7) is 1.88. The van der Waals surface area contributed by atoms with Crippen LogP contribution in [0.3, 0.4) is 0 Å². The third-order valence-corrected chi connectivity index (χ3v) is 6.54. The zero-order valence-corrected chi connectivity index (χ0v) is 21.0. The number of aromatic nitrogens is 1. The number of carbonyl (C=O) groups is 2. The first-order valence-electron chi connectivity index (χ1n) is 11.5. The molecule has 194 valence electrons. The predicted molar refractivity (Wildman–Crippen MR) is 137 cm³/mol. The SMILES string of the molecule is Cc1ccc(C(=O)N(Cc2ccc(F)cc2)Cc2nc(C(=O)NCc3ccc(F)cc3)cs2)cc1[N+](=O)[O-]. The fourth-order valence-corrected chi connectivity index (χ4v) is 4.45. The molecule has 0 saturated heterocycles. The van der Waals surface area contributed by atoms with Crippen LogP contribution < -0.4 is 5.32 Å². The zero-order valence-electron chi connectivity index (χ0n) is 20.2. The van der Waals surface area contributed by atoms with Crippen molar-refractivity contribution in [2.45, 2.75) is 26.6 Å². The van der Waals surface area contributed by atoms with Crippen molar-refractivity contribution in [2.24, 2.45) is 0 Å². The van der Waals surface area contributed by atoms with Crippen molar-refractivity contribution >= 4 is 28.8 Å². The lowest BCUT2D eigenvalue weighted by atomic mass is 10.1. The molecule has 0 aliphatic carbocycles. The largest absolute Gasteiger partial charge is 0.347 e. The molecular weight excluding hydrogens is 514 g/mol. The van der Waals surface area contributed by atoms with E-state index in [1.807, 2.05) is 0 Å². The summed E-state index contributed by atoms with van der Waals surface area (Å²) in [5, 5.41) is 16.1. The fourth-order valence-electron chi connectivity index (χ4n) is 3.66. The zero-order chi connectivity index (χ0) is 27.2.